The van der Waals surface area contributed by atoms with Crippen LogP contribution in [0.1, 0.15) is 44.9 Å². The summed E-state index contributed by atoms with van der Waals surface area (Å²) in [4.78, 5) is 7.09. The zero-order valence-corrected chi connectivity index (χ0v) is 20.2. The first kappa shape index (κ1) is 24.1. The molecule has 1 heterocycles. The SMILES string of the molecule is CN=C(NCCCOc1cccc(OC)c1)NC1CCN(C2CCCC2)CC1.I. The second-order valence-electron chi connectivity index (χ2n) is 7.77. The zero-order valence-electron chi connectivity index (χ0n) is 17.9. The molecule has 1 saturated heterocycles. The Morgan fingerprint density at radius 3 is 2.55 bits per heavy atom. The van der Waals surface area contributed by atoms with Gasteiger partial charge in [-0.05, 0) is 44.2 Å². The van der Waals surface area contributed by atoms with E-state index in [1.165, 1.54) is 51.6 Å². The number of hydrogen-bond donors (Lipinski definition) is 2. The van der Waals surface area contributed by atoms with Crippen LogP contribution in [0.3, 0.4) is 0 Å². The van der Waals surface area contributed by atoms with E-state index in [0.29, 0.717) is 12.6 Å². The van der Waals surface area contributed by atoms with Gasteiger partial charge < -0.3 is 25.0 Å². The molecule has 0 amide bonds. The Kier molecular flexibility index (Phi) is 10.9. The number of methoxy groups -OCH3 is 1. The van der Waals surface area contributed by atoms with Crippen LogP contribution in [-0.4, -0.2) is 63.3 Å². The van der Waals surface area contributed by atoms with E-state index in [1.54, 1.807) is 7.11 Å². The zero-order chi connectivity index (χ0) is 19.6. The van der Waals surface area contributed by atoms with Gasteiger partial charge in [-0.25, -0.2) is 0 Å². The van der Waals surface area contributed by atoms with Crippen molar-refractivity contribution in [3.63, 3.8) is 0 Å². The van der Waals surface area contributed by atoms with Gasteiger partial charge in [-0.2, -0.15) is 0 Å². The van der Waals surface area contributed by atoms with Crippen molar-refractivity contribution in [2.45, 2.75) is 57.0 Å². The molecular formula is C22H37IN4O2. The number of rotatable bonds is 8. The highest BCUT2D eigenvalue weighted by atomic mass is 127. The molecule has 7 heteroatoms. The number of piperidine rings is 1. The van der Waals surface area contributed by atoms with Crippen molar-refractivity contribution < 1.29 is 9.47 Å². The van der Waals surface area contributed by atoms with E-state index < -0.39 is 0 Å². The minimum absolute atomic E-state index is 0. The third-order valence-electron chi connectivity index (χ3n) is 5.86. The molecule has 0 atom stereocenters. The number of nitrogens with one attached hydrogen (secondary N) is 2. The molecule has 164 valence electrons. The van der Waals surface area contributed by atoms with Crippen molar-refractivity contribution in [2.75, 3.05) is 40.4 Å². The van der Waals surface area contributed by atoms with Crippen LogP contribution in [0.5, 0.6) is 11.5 Å². The molecule has 1 aliphatic carbocycles. The molecule has 0 aromatic heterocycles. The third kappa shape index (κ3) is 7.85. The summed E-state index contributed by atoms with van der Waals surface area (Å²) in [7, 11) is 3.51. The van der Waals surface area contributed by atoms with Gasteiger partial charge in [-0.1, -0.05) is 18.9 Å². The molecular weight excluding hydrogens is 479 g/mol. The first-order valence-electron chi connectivity index (χ1n) is 10.8. The number of guanidine groups is 1. The maximum absolute atomic E-state index is 5.79. The van der Waals surface area contributed by atoms with Gasteiger partial charge in [0.25, 0.3) is 0 Å². The summed E-state index contributed by atoms with van der Waals surface area (Å²) in [5.41, 5.74) is 0. The third-order valence-corrected chi connectivity index (χ3v) is 5.86. The first-order chi connectivity index (χ1) is 13.8. The van der Waals surface area contributed by atoms with E-state index in [4.69, 9.17) is 9.47 Å². The Morgan fingerprint density at radius 2 is 1.86 bits per heavy atom. The molecule has 2 aliphatic rings. The fourth-order valence-corrected chi connectivity index (χ4v) is 4.23. The number of likely N-dealkylation sites (tertiary alicyclic amines) is 1. The molecule has 0 unspecified atom stereocenters. The number of halogens is 1. The number of nitrogens with zero attached hydrogens (tertiary/aromatic N) is 2. The number of benzene rings is 1. The Balaban J connectivity index is 0.00000300. The number of hydrogen-bond acceptors (Lipinski definition) is 4. The molecule has 1 saturated carbocycles. The summed E-state index contributed by atoms with van der Waals surface area (Å²) >= 11 is 0. The maximum Gasteiger partial charge on any atom is 0.191 e. The quantitative estimate of drug-likeness (QED) is 0.239. The summed E-state index contributed by atoms with van der Waals surface area (Å²) in [5, 5.41) is 7.01. The molecule has 0 radical (unpaired) electrons. The van der Waals surface area contributed by atoms with Crippen molar-refractivity contribution >= 4 is 29.9 Å². The summed E-state index contributed by atoms with van der Waals surface area (Å²) in [6.45, 7) is 3.93. The monoisotopic (exact) mass is 516 g/mol. The molecule has 1 aromatic carbocycles. The van der Waals surface area contributed by atoms with E-state index in [-0.39, 0.29) is 24.0 Å². The molecule has 6 nitrogen and oxygen atoms in total. The van der Waals surface area contributed by atoms with E-state index >= 15 is 0 Å². The molecule has 29 heavy (non-hydrogen) atoms. The van der Waals surface area contributed by atoms with Gasteiger partial charge in [0.1, 0.15) is 11.5 Å². The average Bonchev–Trinajstić information content (AvgIpc) is 3.28. The number of ether oxygens (including phenoxy) is 2. The highest BCUT2D eigenvalue weighted by Gasteiger charge is 2.27. The van der Waals surface area contributed by atoms with Crippen molar-refractivity contribution in [2.24, 2.45) is 4.99 Å². The smallest absolute Gasteiger partial charge is 0.191 e. The van der Waals surface area contributed by atoms with E-state index in [2.05, 4.69) is 20.5 Å². The lowest BCUT2D eigenvalue weighted by Crippen LogP contribution is -2.50. The molecule has 0 spiro atoms. The standard InChI is InChI=1S/C22H36N4O2.HI/c1-23-22(24-13-6-16-28-21-10-5-9-20(17-21)27-2)25-18-11-14-26(15-12-18)19-7-3-4-8-19;/h5,9-10,17-19H,3-4,6-8,11-16H2,1-2H3,(H2,23,24,25);1H. The highest BCUT2D eigenvalue weighted by molar-refractivity contribution is 14.0. The lowest BCUT2D eigenvalue weighted by atomic mass is 10.0. The lowest BCUT2D eigenvalue weighted by Gasteiger charge is -2.36. The van der Waals surface area contributed by atoms with E-state index in [1.807, 2.05) is 31.3 Å². The van der Waals surface area contributed by atoms with Crippen LogP contribution in [0.4, 0.5) is 0 Å². The Bertz CT molecular complexity index is 615. The lowest BCUT2D eigenvalue weighted by molar-refractivity contribution is 0.150. The largest absolute Gasteiger partial charge is 0.497 e. The summed E-state index contributed by atoms with van der Waals surface area (Å²) < 4.78 is 11.0. The summed E-state index contributed by atoms with van der Waals surface area (Å²) in [6, 6.07) is 9.10. The molecule has 0 bridgehead atoms. The van der Waals surface area contributed by atoms with E-state index in [0.717, 1.165) is 36.5 Å². The predicted octanol–water partition coefficient (Wildman–Crippen LogP) is 3.65. The average molecular weight is 516 g/mol. The Morgan fingerprint density at radius 1 is 1.14 bits per heavy atom. The summed E-state index contributed by atoms with van der Waals surface area (Å²) in [5.74, 6) is 2.57. The Hall–Kier alpha value is -1.22. The van der Waals surface area contributed by atoms with Crippen LogP contribution in [0.2, 0.25) is 0 Å². The van der Waals surface area contributed by atoms with E-state index in [9.17, 15) is 0 Å². The molecule has 2 N–H and O–H groups in total. The van der Waals surface area contributed by atoms with Gasteiger partial charge >= 0.3 is 0 Å². The normalized spacial score (nSPS) is 18.9. The molecule has 2 fully saturated rings. The van der Waals surface area contributed by atoms with Crippen molar-refractivity contribution in [1.29, 1.82) is 0 Å². The van der Waals surface area contributed by atoms with Gasteiger partial charge in [0.2, 0.25) is 0 Å². The van der Waals surface area contributed by atoms with Crippen molar-refractivity contribution in [3.05, 3.63) is 24.3 Å². The molecule has 1 aliphatic heterocycles. The summed E-state index contributed by atoms with van der Waals surface area (Å²) in [6.07, 6.45) is 8.96. The van der Waals surface area contributed by atoms with Gasteiger partial charge in [0.05, 0.1) is 13.7 Å². The first-order valence-corrected chi connectivity index (χ1v) is 10.8. The van der Waals surface area contributed by atoms with Crippen LogP contribution in [0.15, 0.2) is 29.3 Å². The second-order valence-corrected chi connectivity index (χ2v) is 7.77. The number of aliphatic imine (C=N–C) groups is 1. The van der Waals surface area contributed by atoms with Crippen LogP contribution >= 0.6 is 24.0 Å². The minimum Gasteiger partial charge on any atom is -0.497 e. The minimum atomic E-state index is 0. The van der Waals surface area contributed by atoms with Crippen LogP contribution in [0, 0.1) is 0 Å². The van der Waals surface area contributed by atoms with Crippen LogP contribution < -0.4 is 20.1 Å². The molecule has 1 aromatic rings. The topological polar surface area (TPSA) is 58.1 Å². The maximum atomic E-state index is 5.79. The van der Waals surface area contributed by atoms with Crippen molar-refractivity contribution in [1.82, 2.24) is 15.5 Å². The Labute approximate surface area is 192 Å². The fourth-order valence-electron chi connectivity index (χ4n) is 4.23. The highest BCUT2D eigenvalue weighted by Crippen LogP contribution is 2.26. The predicted molar refractivity (Wildman–Crippen MR) is 130 cm³/mol. The van der Waals surface area contributed by atoms with Gasteiger partial charge in [0.15, 0.2) is 5.96 Å². The van der Waals surface area contributed by atoms with Crippen molar-refractivity contribution in [3.8, 4) is 11.5 Å². The van der Waals surface area contributed by atoms with Gasteiger partial charge in [-0.3, -0.25) is 4.99 Å². The fraction of sp³-hybridized carbons (Fsp3) is 0.682. The van der Waals surface area contributed by atoms with Gasteiger partial charge in [0, 0.05) is 44.8 Å². The molecule has 3 rings (SSSR count). The second kappa shape index (κ2) is 13.2. The van der Waals surface area contributed by atoms with Crippen LogP contribution in [0.25, 0.3) is 0 Å². The van der Waals surface area contributed by atoms with Gasteiger partial charge in [-0.15, -0.1) is 24.0 Å². The van der Waals surface area contributed by atoms with Crippen LogP contribution in [-0.2, 0) is 0 Å².